The van der Waals surface area contributed by atoms with Gasteiger partial charge in [0.05, 0.1) is 22.8 Å². The molecule has 1 N–H and O–H groups in total. The number of fused-ring (bicyclic) bond motifs is 1. The van der Waals surface area contributed by atoms with Crippen molar-refractivity contribution in [2.75, 3.05) is 29.9 Å². The molecule has 1 fully saturated rings. The Morgan fingerprint density at radius 3 is 2.46 bits per heavy atom. The molecule has 2 aliphatic rings. The van der Waals surface area contributed by atoms with Crippen LogP contribution in [-0.4, -0.2) is 46.6 Å². The largest absolute Gasteiger partial charge is 0.494 e. The molecule has 0 atom stereocenters. The number of para-hydroxylation sites is 1. The Kier molecular flexibility index (Phi) is 7.87. The first-order valence-corrected chi connectivity index (χ1v) is 12.9. The van der Waals surface area contributed by atoms with Crippen LogP contribution < -0.4 is 15.0 Å². The van der Waals surface area contributed by atoms with Crippen LogP contribution >= 0.6 is 24.0 Å². The van der Waals surface area contributed by atoms with Gasteiger partial charge in [-0.1, -0.05) is 61.9 Å². The zero-order valence-electron chi connectivity index (χ0n) is 19.7. The minimum atomic E-state index is -0.373. The first-order chi connectivity index (χ1) is 16.9. The maximum Gasteiger partial charge on any atom is 0.267 e. The van der Waals surface area contributed by atoms with E-state index in [1.807, 2.05) is 19.1 Å². The van der Waals surface area contributed by atoms with Gasteiger partial charge in [-0.05, 0) is 43.7 Å². The number of nitrogens with one attached hydrogen (secondary N) is 1. The summed E-state index contributed by atoms with van der Waals surface area (Å²) in [6, 6.07) is 14.3. The highest BCUT2D eigenvalue weighted by Crippen LogP contribution is 2.44. The van der Waals surface area contributed by atoms with Gasteiger partial charge in [0.2, 0.25) is 5.91 Å². The Morgan fingerprint density at radius 1 is 1.00 bits per heavy atom. The Balaban J connectivity index is 1.55. The summed E-state index contributed by atoms with van der Waals surface area (Å²) < 4.78 is 5.89. The van der Waals surface area contributed by atoms with E-state index in [1.54, 1.807) is 41.3 Å². The van der Waals surface area contributed by atoms with E-state index in [2.05, 4.69) is 12.2 Å². The van der Waals surface area contributed by atoms with Crippen molar-refractivity contribution in [3.8, 4) is 5.75 Å². The smallest absolute Gasteiger partial charge is 0.267 e. The molecule has 0 spiro atoms. The number of hydrogen-bond acceptors (Lipinski definition) is 6. The third-order valence-electron chi connectivity index (χ3n) is 5.74. The molecule has 0 saturated carbocycles. The summed E-state index contributed by atoms with van der Waals surface area (Å²) >= 11 is 6.61. The Labute approximate surface area is 214 Å². The van der Waals surface area contributed by atoms with Gasteiger partial charge in [0.25, 0.3) is 11.8 Å². The minimum absolute atomic E-state index is 0.177. The van der Waals surface area contributed by atoms with Crippen molar-refractivity contribution >= 4 is 63.0 Å². The molecule has 0 bridgehead atoms. The number of carbonyl (C=O) groups is 3. The van der Waals surface area contributed by atoms with Crippen molar-refractivity contribution in [3.63, 3.8) is 0 Å². The molecule has 0 aliphatic carbocycles. The molecular formula is C26H27N3O4S2. The molecule has 182 valence electrons. The second-order valence-electron chi connectivity index (χ2n) is 8.15. The molecule has 9 heteroatoms. The summed E-state index contributed by atoms with van der Waals surface area (Å²) in [4.78, 5) is 42.9. The van der Waals surface area contributed by atoms with Crippen LogP contribution in [-0.2, 0) is 14.4 Å². The first kappa shape index (κ1) is 24.9. The number of thioether (sulfide) groups is 1. The number of carbonyl (C=O) groups excluding carboxylic acids is 3. The number of amides is 3. The zero-order chi connectivity index (χ0) is 24.9. The molecular weight excluding hydrogens is 482 g/mol. The standard InChI is InChI=1S/C26H27N3O4S2/c1-3-5-8-15-28-25(32)23(35-26(28)34)22-19-9-6-7-10-20(19)29(24(22)31)16-21(30)27-17-11-13-18(14-12-17)33-4-2/h6-7,9-14H,3-5,8,15-16H2,1-2H3,(H,27,30). The quantitative estimate of drug-likeness (QED) is 0.296. The first-order valence-electron chi connectivity index (χ1n) is 11.7. The van der Waals surface area contributed by atoms with E-state index in [-0.39, 0.29) is 24.3 Å². The molecule has 0 aromatic heterocycles. The average Bonchev–Trinajstić information content (AvgIpc) is 3.28. The third kappa shape index (κ3) is 5.26. The highest BCUT2D eigenvalue weighted by molar-refractivity contribution is 8.26. The lowest BCUT2D eigenvalue weighted by Gasteiger charge is -2.17. The van der Waals surface area contributed by atoms with Crippen molar-refractivity contribution in [2.45, 2.75) is 33.1 Å². The van der Waals surface area contributed by atoms with E-state index in [0.717, 1.165) is 31.0 Å². The minimum Gasteiger partial charge on any atom is -0.494 e. The predicted molar refractivity (Wildman–Crippen MR) is 143 cm³/mol. The normalized spacial score (nSPS) is 17.3. The lowest BCUT2D eigenvalue weighted by atomic mass is 10.1. The van der Waals surface area contributed by atoms with Crippen LogP contribution in [0.1, 0.15) is 38.7 Å². The van der Waals surface area contributed by atoms with Gasteiger partial charge in [0.15, 0.2) is 0 Å². The van der Waals surface area contributed by atoms with Gasteiger partial charge in [0, 0.05) is 17.8 Å². The van der Waals surface area contributed by atoms with E-state index in [9.17, 15) is 14.4 Å². The van der Waals surface area contributed by atoms with Crippen molar-refractivity contribution in [1.29, 1.82) is 0 Å². The number of thiocarbonyl (C=S) groups is 1. The van der Waals surface area contributed by atoms with Crippen LogP contribution in [0.15, 0.2) is 53.4 Å². The van der Waals surface area contributed by atoms with Crippen LogP contribution in [0, 0.1) is 0 Å². The maximum absolute atomic E-state index is 13.5. The van der Waals surface area contributed by atoms with Crippen LogP contribution in [0.3, 0.4) is 0 Å². The van der Waals surface area contributed by atoms with Gasteiger partial charge in [-0.2, -0.15) is 0 Å². The number of nitrogens with zero attached hydrogens (tertiary/aromatic N) is 2. The summed E-state index contributed by atoms with van der Waals surface area (Å²) in [5.41, 5.74) is 2.15. The van der Waals surface area contributed by atoms with Gasteiger partial charge in [-0.3, -0.25) is 24.2 Å². The third-order valence-corrected chi connectivity index (χ3v) is 7.18. The number of unbranched alkanes of at least 4 members (excludes halogenated alkanes) is 2. The fourth-order valence-corrected chi connectivity index (χ4v) is 5.44. The predicted octanol–water partition coefficient (Wildman–Crippen LogP) is 4.83. The molecule has 2 aliphatic heterocycles. The molecule has 35 heavy (non-hydrogen) atoms. The molecule has 1 saturated heterocycles. The van der Waals surface area contributed by atoms with Crippen molar-refractivity contribution < 1.29 is 19.1 Å². The maximum atomic E-state index is 13.5. The van der Waals surface area contributed by atoms with Crippen LogP contribution in [0.5, 0.6) is 5.75 Å². The topological polar surface area (TPSA) is 79.0 Å². The van der Waals surface area contributed by atoms with Gasteiger partial charge < -0.3 is 10.1 Å². The number of ether oxygens (including phenoxy) is 1. The summed E-state index contributed by atoms with van der Waals surface area (Å²) in [6.45, 7) is 4.92. The monoisotopic (exact) mass is 509 g/mol. The highest BCUT2D eigenvalue weighted by atomic mass is 32.2. The van der Waals surface area contributed by atoms with Gasteiger partial charge in [0.1, 0.15) is 16.6 Å². The van der Waals surface area contributed by atoms with Crippen molar-refractivity contribution in [3.05, 3.63) is 59.0 Å². The molecule has 4 rings (SSSR count). The van der Waals surface area contributed by atoms with Gasteiger partial charge >= 0.3 is 0 Å². The highest BCUT2D eigenvalue weighted by Gasteiger charge is 2.42. The van der Waals surface area contributed by atoms with E-state index in [1.165, 1.54) is 4.90 Å². The number of hydrogen-bond donors (Lipinski definition) is 1. The van der Waals surface area contributed by atoms with Gasteiger partial charge in [-0.15, -0.1) is 0 Å². The lowest BCUT2D eigenvalue weighted by molar-refractivity contribution is -0.122. The molecule has 2 aromatic carbocycles. The summed E-state index contributed by atoms with van der Waals surface area (Å²) in [5, 5.41) is 2.82. The SMILES string of the molecule is CCCCCN1C(=O)C(=C2C(=O)N(CC(=O)Nc3ccc(OCC)cc3)c3ccccc32)SC1=S. The molecule has 7 nitrogen and oxygen atoms in total. The second-order valence-corrected chi connectivity index (χ2v) is 9.79. The Morgan fingerprint density at radius 2 is 1.74 bits per heavy atom. The Bertz CT molecular complexity index is 1190. The van der Waals surface area contributed by atoms with Crippen molar-refractivity contribution in [2.24, 2.45) is 0 Å². The number of anilines is 2. The summed E-state index contributed by atoms with van der Waals surface area (Å²) in [5.74, 6) is -0.242. The molecule has 2 aromatic rings. The summed E-state index contributed by atoms with van der Waals surface area (Å²) in [7, 11) is 0. The van der Waals surface area contributed by atoms with E-state index in [4.69, 9.17) is 17.0 Å². The van der Waals surface area contributed by atoms with E-state index in [0.29, 0.717) is 50.6 Å². The zero-order valence-corrected chi connectivity index (χ0v) is 21.3. The average molecular weight is 510 g/mol. The molecule has 3 amide bonds. The molecule has 2 heterocycles. The van der Waals surface area contributed by atoms with Crippen LogP contribution in [0.25, 0.3) is 5.57 Å². The molecule has 0 radical (unpaired) electrons. The van der Waals surface area contributed by atoms with E-state index < -0.39 is 0 Å². The van der Waals surface area contributed by atoms with E-state index >= 15 is 0 Å². The number of rotatable bonds is 9. The van der Waals surface area contributed by atoms with Crippen LogP contribution in [0.2, 0.25) is 0 Å². The fourth-order valence-electron chi connectivity index (χ4n) is 4.06. The van der Waals surface area contributed by atoms with Crippen LogP contribution in [0.4, 0.5) is 11.4 Å². The van der Waals surface area contributed by atoms with Gasteiger partial charge in [-0.25, -0.2) is 0 Å². The van der Waals surface area contributed by atoms with Crippen molar-refractivity contribution in [1.82, 2.24) is 4.90 Å². The number of benzene rings is 2. The molecule has 0 unspecified atom stereocenters. The fraction of sp³-hybridized carbons (Fsp3) is 0.308. The lowest BCUT2D eigenvalue weighted by Crippen LogP contribution is -2.35. The second kappa shape index (κ2) is 11.0. The summed E-state index contributed by atoms with van der Waals surface area (Å²) in [6.07, 6.45) is 2.89. The Hall–Kier alpha value is -3.17.